The molecule has 3 aliphatic rings. The molecule has 2 atom stereocenters. The Labute approximate surface area is 172 Å². The highest BCUT2D eigenvalue weighted by molar-refractivity contribution is 5.80. The molecule has 0 aromatic heterocycles. The van der Waals surface area contributed by atoms with Gasteiger partial charge in [-0.3, -0.25) is 9.89 Å². The van der Waals surface area contributed by atoms with Crippen LogP contribution in [0, 0.1) is 5.92 Å². The number of hydrogen-bond donors (Lipinski definition) is 1. The van der Waals surface area contributed by atoms with Gasteiger partial charge in [-0.2, -0.15) is 0 Å². The SMILES string of the molecule is CN=C(NC[C@H]1CCCN1CC(C)C)N1CCC(OCC2CCCCO2)CC1. The second kappa shape index (κ2) is 11.4. The van der Waals surface area contributed by atoms with Crippen molar-refractivity contribution in [3.8, 4) is 0 Å². The number of hydrogen-bond acceptors (Lipinski definition) is 4. The molecule has 0 aromatic carbocycles. The fourth-order valence-corrected chi connectivity index (χ4v) is 4.79. The Morgan fingerprint density at radius 1 is 1.11 bits per heavy atom. The largest absolute Gasteiger partial charge is 0.376 e. The highest BCUT2D eigenvalue weighted by Crippen LogP contribution is 2.20. The third-order valence-electron chi connectivity index (χ3n) is 6.34. The Morgan fingerprint density at radius 3 is 2.61 bits per heavy atom. The van der Waals surface area contributed by atoms with Crippen molar-refractivity contribution in [3.63, 3.8) is 0 Å². The van der Waals surface area contributed by atoms with Gasteiger partial charge in [0.1, 0.15) is 0 Å². The minimum Gasteiger partial charge on any atom is -0.376 e. The Hall–Kier alpha value is -0.850. The highest BCUT2D eigenvalue weighted by atomic mass is 16.5. The molecule has 0 bridgehead atoms. The van der Waals surface area contributed by atoms with Gasteiger partial charge in [-0.05, 0) is 57.4 Å². The molecule has 6 heteroatoms. The van der Waals surface area contributed by atoms with Crippen molar-refractivity contribution in [2.75, 3.05) is 53.0 Å². The summed E-state index contributed by atoms with van der Waals surface area (Å²) in [6, 6.07) is 0.649. The number of aliphatic imine (C=N–C) groups is 1. The molecule has 1 unspecified atom stereocenters. The summed E-state index contributed by atoms with van der Waals surface area (Å²) in [6.07, 6.45) is 9.12. The molecule has 162 valence electrons. The third kappa shape index (κ3) is 6.60. The lowest BCUT2D eigenvalue weighted by Crippen LogP contribution is -2.50. The fourth-order valence-electron chi connectivity index (χ4n) is 4.79. The zero-order valence-electron chi connectivity index (χ0n) is 18.4. The maximum absolute atomic E-state index is 6.16. The highest BCUT2D eigenvalue weighted by Gasteiger charge is 2.27. The van der Waals surface area contributed by atoms with Crippen molar-refractivity contribution >= 4 is 5.96 Å². The summed E-state index contributed by atoms with van der Waals surface area (Å²) in [7, 11) is 1.91. The van der Waals surface area contributed by atoms with E-state index in [1.54, 1.807) is 0 Å². The Balaban J connectivity index is 1.36. The Morgan fingerprint density at radius 2 is 1.93 bits per heavy atom. The summed E-state index contributed by atoms with van der Waals surface area (Å²) in [5.41, 5.74) is 0. The molecule has 0 aliphatic carbocycles. The molecule has 3 rings (SSSR count). The number of ether oxygens (including phenoxy) is 2. The molecule has 3 saturated heterocycles. The molecule has 0 radical (unpaired) electrons. The van der Waals surface area contributed by atoms with Gasteiger partial charge in [-0.25, -0.2) is 0 Å². The first-order valence-corrected chi connectivity index (χ1v) is 11.6. The van der Waals surface area contributed by atoms with Crippen LogP contribution < -0.4 is 5.32 Å². The van der Waals surface area contributed by atoms with E-state index in [-0.39, 0.29) is 0 Å². The van der Waals surface area contributed by atoms with Crippen LogP contribution in [0.15, 0.2) is 4.99 Å². The van der Waals surface area contributed by atoms with Crippen molar-refractivity contribution in [2.45, 2.75) is 77.0 Å². The minimum atomic E-state index is 0.321. The molecular weight excluding hydrogens is 352 g/mol. The standard InChI is InChI=1S/C22H42N4O2/c1-18(2)16-26-11-6-7-19(26)15-24-22(23-3)25-12-9-20(10-13-25)28-17-21-8-4-5-14-27-21/h18-21H,4-17H2,1-3H3,(H,23,24)/t19-,21?/m1/s1. The predicted molar refractivity (Wildman–Crippen MR) is 115 cm³/mol. The van der Waals surface area contributed by atoms with E-state index in [0.717, 1.165) is 64.0 Å². The van der Waals surface area contributed by atoms with Crippen LogP contribution in [0.1, 0.15) is 58.8 Å². The topological polar surface area (TPSA) is 49.3 Å². The van der Waals surface area contributed by atoms with Crippen molar-refractivity contribution in [1.82, 2.24) is 15.1 Å². The van der Waals surface area contributed by atoms with Crippen molar-refractivity contribution < 1.29 is 9.47 Å². The molecule has 1 N–H and O–H groups in total. The molecule has 0 aromatic rings. The van der Waals surface area contributed by atoms with Crippen LogP contribution in [-0.2, 0) is 9.47 Å². The van der Waals surface area contributed by atoms with Crippen LogP contribution in [0.25, 0.3) is 0 Å². The first-order valence-electron chi connectivity index (χ1n) is 11.6. The summed E-state index contributed by atoms with van der Waals surface area (Å²) in [5.74, 6) is 1.79. The van der Waals surface area contributed by atoms with Gasteiger partial charge in [0.05, 0.1) is 18.8 Å². The zero-order chi connectivity index (χ0) is 19.8. The van der Waals surface area contributed by atoms with Crippen LogP contribution in [0.3, 0.4) is 0 Å². The second-order valence-electron chi connectivity index (χ2n) is 9.12. The molecule has 28 heavy (non-hydrogen) atoms. The van der Waals surface area contributed by atoms with Crippen molar-refractivity contribution in [1.29, 1.82) is 0 Å². The van der Waals surface area contributed by atoms with Crippen LogP contribution >= 0.6 is 0 Å². The average molecular weight is 395 g/mol. The zero-order valence-corrected chi connectivity index (χ0v) is 18.4. The third-order valence-corrected chi connectivity index (χ3v) is 6.34. The molecule has 0 spiro atoms. The number of guanidine groups is 1. The molecular formula is C22H42N4O2. The van der Waals surface area contributed by atoms with E-state index in [4.69, 9.17) is 9.47 Å². The summed E-state index contributed by atoms with van der Waals surface area (Å²) >= 11 is 0. The molecule has 0 saturated carbocycles. The molecule has 0 amide bonds. The number of rotatable bonds is 7. The van der Waals surface area contributed by atoms with Gasteiger partial charge in [-0.1, -0.05) is 13.8 Å². The number of piperidine rings is 1. The maximum Gasteiger partial charge on any atom is 0.193 e. The molecule has 3 aliphatic heterocycles. The van der Waals surface area contributed by atoms with Gasteiger partial charge in [0, 0.05) is 45.9 Å². The van der Waals surface area contributed by atoms with Crippen molar-refractivity contribution in [2.24, 2.45) is 10.9 Å². The van der Waals surface area contributed by atoms with Crippen molar-refractivity contribution in [3.05, 3.63) is 0 Å². The van der Waals surface area contributed by atoms with Crippen LogP contribution in [0.5, 0.6) is 0 Å². The fraction of sp³-hybridized carbons (Fsp3) is 0.955. The quantitative estimate of drug-likeness (QED) is 0.531. The first-order chi connectivity index (χ1) is 13.7. The average Bonchev–Trinajstić information content (AvgIpc) is 3.15. The monoisotopic (exact) mass is 394 g/mol. The van der Waals surface area contributed by atoms with E-state index in [2.05, 4.69) is 34.0 Å². The van der Waals surface area contributed by atoms with Gasteiger partial charge in [0.25, 0.3) is 0 Å². The summed E-state index contributed by atoms with van der Waals surface area (Å²) in [5, 5.41) is 3.66. The number of likely N-dealkylation sites (tertiary alicyclic amines) is 2. The number of nitrogens with zero attached hydrogens (tertiary/aromatic N) is 3. The Bertz CT molecular complexity index is 471. The van der Waals surface area contributed by atoms with E-state index in [0.29, 0.717) is 18.2 Å². The van der Waals surface area contributed by atoms with E-state index in [1.165, 1.54) is 38.8 Å². The van der Waals surface area contributed by atoms with Crippen LogP contribution in [-0.4, -0.2) is 87.0 Å². The molecule has 6 nitrogen and oxygen atoms in total. The minimum absolute atomic E-state index is 0.321. The lowest BCUT2D eigenvalue weighted by atomic mass is 10.1. The van der Waals surface area contributed by atoms with Crippen LogP contribution in [0.4, 0.5) is 0 Å². The molecule has 3 heterocycles. The predicted octanol–water partition coefficient (Wildman–Crippen LogP) is 2.73. The summed E-state index contributed by atoms with van der Waals surface area (Å²) in [4.78, 5) is 9.61. The van der Waals surface area contributed by atoms with Gasteiger partial charge in [0.2, 0.25) is 0 Å². The second-order valence-corrected chi connectivity index (χ2v) is 9.12. The summed E-state index contributed by atoms with van der Waals surface area (Å²) < 4.78 is 11.9. The van der Waals surface area contributed by atoms with E-state index in [1.807, 2.05) is 7.05 Å². The van der Waals surface area contributed by atoms with Gasteiger partial charge < -0.3 is 19.7 Å². The molecule has 3 fully saturated rings. The maximum atomic E-state index is 6.16. The lowest BCUT2D eigenvalue weighted by Gasteiger charge is -2.35. The Kier molecular flexibility index (Phi) is 8.87. The van der Waals surface area contributed by atoms with E-state index >= 15 is 0 Å². The van der Waals surface area contributed by atoms with Gasteiger partial charge in [0.15, 0.2) is 5.96 Å². The lowest BCUT2D eigenvalue weighted by molar-refractivity contribution is -0.0721. The van der Waals surface area contributed by atoms with Gasteiger partial charge >= 0.3 is 0 Å². The van der Waals surface area contributed by atoms with E-state index < -0.39 is 0 Å². The van der Waals surface area contributed by atoms with Gasteiger partial charge in [-0.15, -0.1) is 0 Å². The number of nitrogens with one attached hydrogen (secondary N) is 1. The first kappa shape index (κ1) is 21.8. The van der Waals surface area contributed by atoms with E-state index in [9.17, 15) is 0 Å². The van der Waals surface area contributed by atoms with Crippen LogP contribution in [0.2, 0.25) is 0 Å². The summed E-state index contributed by atoms with van der Waals surface area (Å²) in [6.45, 7) is 11.8. The normalized spacial score (nSPS) is 28.3. The smallest absolute Gasteiger partial charge is 0.193 e.